The SMILES string of the molecule is CC1=C(N=O)CC(N)C=C1. The molecule has 0 saturated heterocycles. The quantitative estimate of drug-likeness (QED) is 0.555. The van der Waals surface area contributed by atoms with E-state index >= 15 is 0 Å². The molecule has 1 atom stereocenters. The Bertz CT molecular complexity index is 206. The van der Waals surface area contributed by atoms with Crippen LogP contribution in [0.5, 0.6) is 0 Å². The molecule has 0 aromatic rings. The first-order valence-corrected chi connectivity index (χ1v) is 3.21. The summed E-state index contributed by atoms with van der Waals surface area (Å²) in [5, 5.41) is 2.88. The highest BCUT2D eigenvalue weighted by Crippen LogP contribution is 2.18. The highest BCUT2D eigenvalue weighted by atomic mass is 16.3. The van der Waals surface area contributed by atoms with Crippen molar-refractivity contribution in [3.05, 3.63) is 28.3 Å². The number of nitroso groups, excluding NO2 is 1. The molecule has 2 N–H and O–H groups in total. The van der Waals surface area contributed by atoms with Crippen LogP contribution in [-0.2, 0) is 0 Å². The number of nitrogens with zero attached hydrogens (tertiary/aromatic N) is 1. The monoisotopic (exact) mass is 138 g/mol. The van der Waals surface area contributed by atoms with E-state index in [4.69, 9.17) is 5.73 Å². The van der Waals surface area contributed by atoms with Crippen molar-refractivity contribution in [3.63, 3.8) is 0 Å². The molecule has 0 aromatic carbocycles. The van der Waals surface area contributed by atoms with Gasteiger partial charge in [-0.15, -0.1) is 4.91 Å². The largest absolute Gasteiger partial charge is 0.324 e. The van der Waals surface area contributed by atoms with Gasteiger partial charge in [-0.25, -0.2) is 0 Å². The molecule has 0 bridgehead atoms. The van der Waals surface area contributed by atoms with Gasteiger partial charge in [-0.05, 0) is 17.7 Å². The molecule has 0 radical (unpaired) electrons. The summed E-state index contributed by atoms with van der Waals surface area (Å²) in [5.74, 6) is 0. The van der Waals surface area contributed by atoms with Crippen LogP contribution in [0.2, 0.25) is 0 Å². The molecular weight excluding hydrogens is 128 g/mol. The average Bonchev–Trinajstić information content (AvgIpc) is 1.94. The van der Waals surface area contributed by atoms with Gasteiger partial charge in [0.15, 0.2) is 0 Å². The summed E-state index contributed by atoms with van der Waals surface area (Å²) in [4.78, 5) is 10.1. The Balaban J connectivity index is 2.83. The van der Waals surface area contributed by atoms with Gasteiger partial charge < -0.3 is 5.73 Å². The van der Waals surface area contributed by atoms with Gasteiger partial charge in [0.1, 0.15) is 0 Å². The number of hydrogen-bond donors (Lipinski definition) is 1. The van der Waals surface area contributed by atoms with Crippen molar-refractivity contribution >= 4 is 0 Å². The number of nitrogens with two attached hydrogens (primary N) is 1. The first-order chi connectivity index (χ1) is 4.74. The van der Waals surface area contributed by atoms with E-state index < -0.39 is 0 Å². The van der Waals surface area contributed by atoms with E-state index in [-0.39, 0.29) is 6.04 Å². The molecule has 0 aliphatic heterocycles. The van der Waals surface area contributed by atoms with Gasteiger partial charge in [0.05, 0.1) is 5.70 Å². The summed E-state index contributed by atoms with van der Waals surface area (Å²) in [7, 11) is 0. The zero-order valence-electron chi connectivity index (χ0n) is 5.87. The van der Waals surface area contributed by atoms with E-state index in [0.29, 0.717) is 12.1 Å². The van der Waals surface area contributed by atoms with Gasteiger partial charge in [-0.2, -0.15) is 0 Å². The van der Waals surface area contributed by atoms with Gasteiger partial charge in [-0.1, -0.05) is 12.2 Å². The molecule has 1 aliphatic carbocycles. The Hall–Kier alpha value is -0.960. The summed E-state index contributed by atoms with van der Waals surface area (Å²) >= 11 is 0. The third-order valence-corrected chi connectivity index (χ3v) is 1.59. The van der Waals surface area contributed by atoms with E-state index in [0.717, 1.165) is 5.57 Å². The number of rotatable bonds is 1. The van der Waals surface area contributed by atoms with Crippen LogP contribution in [0.4, 0.5) is 0 Å². The molecule has 0 aromatic heterocycles. The van der Waals surface area contributed by atoms with Gasteiger partial charge >= 0.3 is 0 Å². The summed E-state index contributed by atoms with van der Waals surface area (Å²) in [5.41, 5.74) is 7.05. The Morgan fingerprint density at radius 1 is 1.80 bits per heavy atom. The van der Waals surface area contributed by atoms with Crippen molar-refractivity contribution in [2.75, 3.05) is 0 Å². The van der Waals surface area contributed by atoms with E-state index in [1.807, 2.05) is 19.1 Å². The normalized spacial score (nSPS) is 25.2. The smallest absolute Gasteiger partial charge is 0.0896 e. The molecule has 1 aliphatic rings. The predicted molar refractivity (Wildman–Crippen MR) is 40.2 cm³/mol. The van der Waals surface area contributed by atoms with Crippen LogP contribution < -0.4 is 5.73 Å². The van der Waals surface area contributed by atoms with Crippen LogP contribution in [-0.4, -0.2) is 6.04 Å². The van der Waals surface area contributed by atoms with E-state index in [1.165, 1.54) is 0 Å². The Labute approximate surface area is 59.6 Å². The summed E-state index contributed by atoms with van der Waals surface area (Å²) in [6, 6.07) is -0.0311. The van der Waals surface area contributed by atoms with Crippen molar-refractivity contribution in [1.29, 1.82) is 0 Å². The fraction of sp³-hybridized carbons (Fsp3) is 0.429. The first-order valence-electron chi connectivity index (χ1n) is 3.21. The second-order valence-electron chi connectivity index (χ2n) is 2.45. The van der Waals surface area contributed by atoms with E-state index in [2.05, 4.69) is 5.18 Å². The summed E-state index contributed by atoms with van der Waals surface area (Å²) < 4.78 is 0. The molecule has 3 heteroatoms. The Morgan fingerprint density at radius 2 is 2.50 bits per heavy atom. The second kappa shape index (κ2) is 2.75. The minimum absolute atomic E-state index is 0.0311. The van der Waals surface area contributed by atoms with Crippen molar-refractivity contribution in [3.8, 4) is 0 Å². The second-order valence-corrected chi connectivity index (χ2v) is 2.45. The first kappa shape index (κ1) is 7.15. The van der Waals surface area contributed by atoms with Crippen molar-refractivity contribution < 1.29 is 0 Å². The summed E-state index contributed by atoms with van der Waals surface area (Å²) in [6.45, 7) is 1.86. The molecule has 1 rings (SSSR count). The lowest BCUT2D eigenvalue weighted by atomic mass is 10.0. The maximum absolute atomic E-state index is 10.1. The highest BCUT2D eigenvalue weighted by molar-refractivity contribution is 5.29. The van der Waals surface area contributed by atoms with Gasteiger partial charge in [-0.3, -0.25) is 0 Å². The van der Waals surface area contributed by atoms with Crippen molar-refractivity contribution in [2.45, 2.75) is 19.4 Å². The molecule has 0 saturated carbocycles. The lowest BCUT2D eigenvalue weighted by Gasteiger charge is -2.11. The average molecular weight is 138 g/mol. The molecule has 3 nitrogen and oxygen atoms in total. The van der Waals surface area contributed by atoms with Crippen LogP contribution in [0.15, 0.2) is 28.6 Å². The molecule has 0 spiro atoms. The molecule has 0 heterocycles. The van der Waals surface area contributed by atoms with Gasteiger partial charge in [0.2, 0.25) is 0 Å². The topological polar surface area (TPSA) is 55.5 Å². The van der Waals surface area contributed by atoms with Crippen molar-refractivity contribution in [1.82, 2.24) is 0 Å². The number of allylic oxidation sites excluding steroid dienone is 2. The lowest BCUT2D eigenvalue weighted by molar-refractivity contribution is 0.771. The standard InChI is InChI=1S/C7H10N2O/c1-5-2-3-6(8)4-7(5)9-10/h2-3,6H,4,8H2,1H3. The van der Waals surface area contributed by atoms with Crippen LogP contribution in [0.3, 0.4) is 0 Å². The fourth-order valence-corrected chi connectivity index (χ4v) is 0.926. The fourth-order valence-electron chi connectivity index (χ4n) is 0.926. The molecular formula is C7H10N2O. The zero-order valence-corrected chi connectivity index (χ0v) is 5.87. The Morgan fingerprint density at radius 3 is 3.00 bits per heavy atom. The molecule has 0 amide bonds. The van der Waals surface area contributed by atoms with E-state index in [9.17, 15) is 4.91 Å². The minimum Gasteiger partial charge on any atom is -0.324 e. The van der Waals surface area contributed by atoms with Crippen LogP contribution in [0, 0.1) is 4.91 Å². The van der Waals surface area contributed by atoms with Crippen LogP contribution >= 0.6 is 0 Å². The van der Waals surface area contributed by atoms with Crippen LogP contribution in [0.25, 0.3) is 0 Å². The third-order valence-electron chi connectivity index (χ3n) is 1.59. The summed E-state index contributed by atoms with van der Waals surface area (Å²) in [6.07, 6.45) is 4.29. The highest BCUT2D eigenvalue weighted by Gasteiger charge is 2.10. The van der Waals surface area contributed by atoms with Crippen molar-refractivity contribution in [2.24, 2.45) is 10.9 Å². The van der Waals surface area contributed by atoms with Crippen LogP contribution in [0.1, 0.15) is 13.3 Å². The molecule has 1 unspecified atom stereocenters. The lowest BCUT2D eigenvalue weighted by Crippen LogP contribution is -2.19. The number of hydrogen-bond acceptors (Lipinski definition) is 3. The Kier molecular flexibility index (Phi) is 1.97. The molecule has 54 valence electrons. The zero-order chi connectivity index (χ0) is 7.56. The maximum Gasteiger partial charge on any atom is 0.0896 e. The van der Waals surface area contributed by atoms with E-state index in [1.54, 1.807) is 0 Å². The maximum atomic E-state index is 10.1. The predicted octanol–water partition coefficient (Wildman–Crippen LogP) is 1.31. The molecule has 0 fully saturated rings. The van der Waals surface area contributed by atoms with Gasteiger partial charge in [0, 0.05) is 12.5 Å². The van der Waals surface area contributed by atoms with Gasteiger partial charge in [0.25, 0.3) is 0 Å². The molecule has 10 heavy (non-hydrogen) atoms. The third kappa shape index (κ3) is 1.30. The minimum atomic E-state index is -0.0311.